The van der Waals surface area contributed by atoms with E-state index >= 15 is 0 Å². The van der Waals surface area contributed by atoms with Crippen LogP contribution in [0, 0.1) is 11.3 Å². The highest BCUT2D eigenvalue weighted by Gasteiger charge is 2.53. The van der Waals surface area contributed by atoms with Crippen LogP contribution in [0.2, 0.25) is 0 Å². The minimum absolute atomic E-state index is 0.0227. The Labute approximate surface area is 201 Å². The van der Waals surface area contributed by atoms with Crippen LogP contribution in [0.25, 0.3) is 5.57 Å². The van der Waals surface area contributed by atoms with Crippen LogP contribution in [-0.4, -0.2) is 54.5 Å². The monoisotopic (exact) mass is 476 g/mol. The third-order valence-electron chi connectivity index (χ3n) is 7.30. The van der Waals surface area contributed by atoms with Gasteiger partial charge in [0.25, 0.3) is 11.8 Å². The zero-order valence-electron chi connectivity index (χ0n) is 18.9. The number of ether oxygens (including phenoxy) is 1. The molecule has 1 aromatic carbocycles. The molecule has 1 aliphatic carbocycles. The number of amides is 2. The molecule has 35 heavy (non-hydrogen) atoms. The maximum atomic E-state index is 13.5. The van der Waals surface area contributed by atoms with Crippen LogP contribution >= 0.6 is 0 Å². The molecular formula is C25H23BF2N4O3. The molecule has 2 fully saturated rings. The Balaban J connectivity index is 1.10. The van der Waals surface area contributed by atoms with Gasteiger partial charge in [0.1, 0.15) is 5.75 Å². The molecule has 4 heterocycles. The third-order valence-corrected chi connectivity index (χ3v) is 7.30. The van der Waals surface area contributed by atoms with Crippen molar-refractivity contribution in [3.05, 3.63) is 65.6 Å². The lowest BCUT2D eigenvalue weighted by Gasteiger charge is -2.59. The predicted molar refractivity (Wildman–Crippen MR) is 129 cm³/mol. The number of nitrogens with one attached hydrogen (secondary N) is 1. The zero-order valence-corrected chi connectivity index (χ0v) is 18.9. The highest BCUT2D eigenvalue weighted by molar-refractivity contribution is 6.41. The summed E-state index contributed by atoms with van der Waals surface area (Å²) in [6.45, 7) is 1.34. The second-order valence-corrected chi connectivity index (χ2v) is 9.77. The van der Waals surface area contributed by atoms with Crippen molar-refractivity contribution in [1.82, 2.24) is 9.38 Å². The van der Waals surface area contributed by atoms with Gasteiger partial charge in [-0.1, -0.05) is 0 Å². The quantitative estimate of drug-likeness (QED) is 0.666. The first-order chi connectivity index (χ1) is 16.9. The molecule has 0 radical (unpaired) electrons. The largest absolute Gasteiger partial charge is 0.677 e. The SMILES string of the molecule is O=C1COc2ccc(C(=O)N3CC4(CC(C/C(=C5\C=CC=N5)c5cccn5B(F)F)C4)C3)cc2N1. The number of benzene rings is 1. The number of carbonyl (C=O) groups is 2. The van der Waals surface area contributed by atoms with Gasteiger partial charge >= 0.3 is 7.40 Å². The van der Waals surface area contributed by atoms with Gasteiger partial charge in [0.2, 0.25) is 0 Å². The van der Waals surface area contributed by atoms with E-state index in [0.717, 1.165) is 28.6 Å². The van der Waals surface area contributed by atoms with Crippen molar-refractivity contribution in [3.63, 3.8) is 0 Å². The highest BCUT2D eigenvalue weighted by atomic mass is 19.2. The molecule has 7 nitrogen and oxygen atoms in total. The van der Waals surface area contributed by atoms with E-state index in [1.54, 1.807) is 36.5 Å². The van der Waals surface area contributed by atoms with Crippen molar-refractivity contribution >= 4 is 36.7 Å². The van der Waals surface area contributed by atoms with Crippen LogP contribution in [-0.2, 0) is 4.79 Å². The Morgan fingerprint density at radius 2 is 2.09 bits per heavy atom. The van der Waals surface area contributed by atoms with Gasteiger partial charge in [-0.15, -0.1) is 0 Å². The first-order valence-corrected chi connectivity index (χ1v) is 11.7. The molecule has 1 N–H and O–H groups in total. The number of allylic oxidation sites excluding steroid dienone is 3. The molecule has 3 aliphatic heterocycles. The van der Waals surface area contributed by atoms with Gasteiger partial charge in [-0.05, 0) is 73.9 Å². The molecule has 1 saturated heterocycles. The number of hydrogen-bond donors (Lipinski definition) is 1. The summed E-state index contributed by atoms with van der Waals surface area (Å²) in [5.74, 6) is 0.618. The minimum Gasteiger partial charge on any atom is -0.482 e. The van der Waals surface area contributed by atoms with E-state index in [0.29, 0.717) is 48.1 Å². The molecule has 0 bridgehead atoms. The molecule has 4 aliphatic rings. The average molecular weight is 476 g/mol. The van der Waals surface area contributed by atoms with Gasteiger partial charge < -0.3 is 19.4 Å². The number of aromatic nitrogens is 1. The van der Waals surface area contributed by atoms with Gasteiger partial charge in [0.05, 0.1) is 11.4 Å². The van der Waals surface area contributed by atoms with Gasteiger partial charge in [-0.2, -0.15) is 0 Å². The Kier molecular flexibility index (Phi) is 5.12. The fraction of sp³-hybridized carbons (Fsp3) is 0.320. The number of carbonyl (C=O) groups excluding carboxylic acids is 2. The van der Waals surface area contributed by atoms with Crippen molar-refractivity contribution < 1.29 is 23.0 Å². The summed E-state index contributed by atoms with van der Waals surface area (Å²) in [5.41, 5.74) is 3.22. The molecule has 10 heteroatoms. The van der Waals surface area contributed by atoms with Gasteiger partial charge in [-0.3, -0.25) is 23.2 Å². The van der Waals surface area contributed by atoms with E-state index < -0.39 is 7.40 Å². The number of nitrogens with zero attached hydrogens (tertiary/aromatic N) is 3. The molecule has 0 unspecified atom stereocenters. The molecule has 1 saturated carbocycles. The molecule has 2 aromatic rings. The molecule has 1 aromatic heterocycles. The summed E-state index contributed by atoms with van der Waals surface area (Å²) >= 11 is 0. The summed E-state index contributed by atoms with van der Waals surface area (Å²) in [6, 6.07) is 8.46. The lowest BCUT2D eigenvalue weighted by molar-refractivity contribution is -0.118. The maximum absolute atomic E-state index is 13.5. The van der Waals surface area contributed by atoms with Gasteiger partial charge in [-0.25, -0.2) is 0 Å². The van der Waals surface area contributed by atoms with Crippen molar-refractivity contribution in [2.75, 3.05) is 25.0 Å². The second kappa shape index (κ2) is 8.21. The maximum Gasteiger partial charge on any atom is 0.677 e. The van der Waals surface area contributed by atoms with Crippen molar-refractivity contribution in [1.29, 1.82) is 0 Å². The molecular weight excluding hydrogens is 453 g/mol. The Bertz CT molecular complexity index is 1290. The zero-order chi connectivity index (χ0) is 24.2. The summed E-state index contributed by atoms with van der Waals surface area (Å²) < 4.78 is 33.4. The van der Waals surface area contributed by atoms with Crippen molar-refractivity contribution in [2.45, 2.75) is 19.3 Å². The van der Waals surface area contributed by atoms with Crippen LogP contribution in [0.1, 0.15) is 35.3 Å². The normalized spacial score (nSPS) is 21.2. The molecule has 1 spiro atoms. The Morgan fingerprint density at radius 3 is 2.83 bits per heavy atom. The fourth-order valence-electron chi connectivity index (χ4n) is 5.80. The Hall–Kier alpha value is -3.69. The van der Waals surface area contributed by atoms with E-state index in [1.807, 2.05) is 17.1 Å². The topological polar surface area (TPSA) is 75.9 Å². The van der Waals surface area contributed by atoms with Crippen molar-refractivity contribution in [2.24, 2.45) is 16.3 Å². The van der Waals surface area contributed by atoms with E-state index in [4.69, 9.17) is 4.74 Å². The van der Waals surface area contributed by atoms with Gasteiger partial charge in [0.15, 0.2) is 6.61 Å². The van der Waals surface area contributed by atoms with Crippen LogP contribution in [0.3, 0.4) is 0 Å². The number of halogens is 2. The van der Waals surface area contributed by atoms with Crippen molar-refractivity contribution in [3.8, 4) is 5.75 Å². The van der Waals surface area contributed by atoms with E-state index in [1.165, 1.54) is 6.20 Å². The summed E-state index contributed by atoms with van der Waals surface area (Å²) in [6.07, 6.45) is 9.34. The van der Waals surface area contributed by atoms with Crippen LogP contribution in [0.15, 0.2) is 59.4 Å². The summed E-state index contributed by atoms with van der Waals surface area (Å²) in [4.78, 5) is 30.8. The minimum atomic E-state index is -2.60. The first-order valence-electron chi connectivity index (χ1n) is 11.7. The van der Waals surface area contributed by atoms with Crippen LogP contribution in [0.5, 0.6) is 5.75 Å². The molecule has 178 valence electrons. The first kappa shape index (κ1) is 21.8. The molecule has 0 atom stereocenters. The molecule has 6 rings (SSSR count). The number of fused-ring (bicyclic) bond motifs is 1. The van der Waals surface area contributed by atoms with Crippen LogP contribution in [0.4, 0.5) is 14.3 Å². The van der Waals surface area contributed by atoms with E-state index in [-0.39, 0.29) is 23.8 Å². The standard InChI is InChI=1S/C25H23BF2N4O3/c27-26(28)32-8-2-4-21(32)18(19-3-1-7-29-19)9-16-11-25(12-16)14-31(15-25)24(34)17-5-6-22-20(10-17)30-23(33)13-35-22/h1-8,10,16H,9,11-15H2,(H,30,33)/b19-18-. The fourth-order valence-corrected chi connectivity index (χ4v) is 5.80. The number of likely N-dealkylation sites (tertiary alicyclic amines) is 1. The molecule has 2 amide bonds. The number of hydrogen-bond acceptors (Lipinski definition) is 4. The number of aliphatic imine (C=N–C) groups is 1. The Morgan fingerprint density at radius 1 is 1.26 bits per heavy atom. The highest BCUT2D eigenvalue weighted by Crippen LogP contribution is 2.55. The third kappa shape index (κ3) is 3.86. The summed E-state index contributed by atoms with van der Waals surface area (Å²) in [7, 11) is -2.60. The lowest BCUT2D eigenvalue weighted by atomic mass is 9.56. The van der Waals surface area contributed by atoms with Crippen LogP contribution < -0.4 is 10.1 Å². The number of rotatable bonds is 5. The smallest absolute Gasteiger partial charge is 0.482 e. The lowest BCUT2D eigenvalue weighted by Crippen LogP contribution is -2.63. The van der Waals surface area contributed by atoms with Gasteiger partial charge in [0, 0.05) is 41.5 Å². The summed E-state index contributed by atoms with van der Waals surface area (Å²) in [5, 5.41) is 2.74. The van der Waals surface area contributed by atoms with E-state index in [9.17, 15) is 18.2 Å². The number of anilines is 1. The second-order valence-electron chi connectivity index (χ2n) is 9.77. The van der Waals surface area contributed by atoms with E-state index in [2.05, 4.69) is 10.3 Å². The average Bonchev–Trinajstić information content (AvgIpc) is 3.49. The predicted octanol–water partition coefficient (Wildman–Crippen LogP) is 3.89.